The number of allylic oxidation sites excluding steroid dienone is 2. The van der Waals surface area contributed by atoms with Gasteiger partial charge < -0.3 is 49.4 Å². The van der Waals surface area contributed by atoms with Crippen LogP contribution in [0.5, 0.6) is 5.75 Å². The molecule has 1 aromatic heterocycles. The number of likely N-dealkylation sites (N-methyl/N-ethyl adjacent to an activating group) is 2. The molecule has 9 rings (SSSR count). The van der Waals surface area contributed by atoms with Crippen LogP contribution in [0, 0.1) is 0 Å². The maximum Gasteiger partial charge on any atom is 0.259 e. The third-order valence-electron chi connectivity index (χ3n) is 11.1. The van der Waals surface area contributed by atoms with Crippen LogP contribution in [0.3, 0.4) is 0 Å². The molecule has 6 heterocycles. The number of rotatable bonds is 7. The number of carbonyl (C=O) groups excluding carboxylic acids is 3. The Bertz CT molecular complexity index is 2090. The van der Waals surface area contributed by atoms with Crippen molar-refractivity contribution in [3.63, 3.8) is 0 Å². The number of morpholine rings is 1. The topological polar surface area (TPSA) is 137 Å². The second kappa shape index (κ2) is 18.1. The Morgan fingerprint density at radius 3 is 2.30 bits per heavy atom. The molecule has 5 aliphatic heterocycles. The zero-order valence-electron chi connectivity index (χ0n) is 33.2. The normalized spacial score (nSPS) is 21.0. The average Bonchev–Trinajstić information content (AvgIpc) is 3.80. The zero-order chi connectivity index (χ0) is 40.1. The van der Waals surface area contributed by atoms with Crippen LogP contribution in [-0.2, 0) is 19.1 Å². The van der Waals surface area contributed by atoms with E-state index in [4.69, 9.17) is 19.6 Å². The van der Waals surface area contributed by atoms with Crippen LogP contribution < -0.4 is 20.7 Å². The van der Waals surface area contributed by atoms with E-state index in [9.17, 15) is 14.4 Å². The van der Waals surface area contributed by atoms with Crippen LogP contribution in [0.2, 0.25) is 0 Å². The minimum atomic E-state index is -0.655. The van der Waals surface area contributed by atoms with Crippen LogP contribution in [0.25, 0.3) is 21.9 Å². The molecule has 0 radical (unpaired) electrons. The molecule has 1 atom stereocenters. The van der Waals surface area contributed by atoms with E-state index >= 15 is 4.39 Å². The molecule has 0 saturated carbocycles. The molecule has 14 heteroatoms. The van der Waals surface area contributed by atoms with Gasteiger partial charge in [-0.3, -0.25) is 14.4 Å². The van der Waals surface area contributed by atoms with E-state index in [0.717, 1.165) is 42.2 Å². The fourth-order valence-electron chi connectivity index (χ4n) is 7.78. The number of piperazine rings is 1. The summed E-state index contributed by atoms with van der Waals surface area (Å²) < 4.78 is 34.2. The van der Waals surface area contributed by atoms with Gasteiger partial charge in [0.15, 0.2) is 23.1 Å². The molecule has 6 aliphatic rings. The first kappa shape index (κ1) is 40.2. The molecule has 1 unspecified atom stereocenters. The lowest BCUT2D eigenvalue weighted by molar-refractivity contribution is -0.133. The van der Waals surface area contributed by atoms with Crippen molar-refractivity contribution in [3.8, 4) is 5.75 Å². The van der Waals surface area contributed by atoms with Gasteiger partial charge in [0.2, 0.25) is 5.91 Å². The summed E-state index contributed by atoms with van der Waals surface area (Å²) >= 11 is 0. The van der Waals surface area contributed by atoms with Crippen molar-refractivity contribution < 1.29 is 32.7 Å². The van der Waals surface area contributed by atoms with Crippen molar-refractivity contribution in [2.24, 2.45) is 5.73 Å². The molecule has 304 valence electrons. The van der Waals surface area contributed by atoms with E-state index < -0.39 is 17.7 Å². The number of nitrogens with zero attached hydrogens (tertiary/aromatic N) is 5. The van der Waals surface area contributed by atoms with Gasteiger partial charge in [0.1, 0.15) is 22.4 Å². The number of furan rings is 1. The monoisotopic (exact) mass is 783 g/mol. The summed E-state index contributed by atoms with van der Waals surface area (Å²) in [6.45, 7) is 11.7. The lowest BCUT2D eigenvalue weighted by Gasteiger charge is -2.35. The lowest BCUT2D eigenvalue weighted by Crippen LogP contribution is -2.46. The van der Waals surface area contributed by atoms with Gasteiger partial charge in [-0.25, -0.2) is 4.39 Å². The molecule has 3 N–H and O–H groups in total. The standard InChI is InChI=1S/C31H26FN3O5.C6H14N2O.C6H14N2/c32-22-13-20-23-15-28(29(22)33-7-3-4-8-33)40-27-14-19-18-5-1-2-6-25(18)39-26(19)16-24(27)35(23)17-21(30(20)36)31(37)34-9-11-38-12-10-34;1-2-4-8-5-3-6(7)9;1-7-3-5-8(2)6-4-7/h1-2,5-6,13-17,23H,3-4,7-12H2;8H,2-5H2,1H3,(H2,7,9);3-6H2,1-2H3. The highest BCUT2D eigenvalue weighted by Crippen LogP contribution is 2.47. The molecule has 1 aliphatic carbocycles. The second-order valence-electron chi connectivity index (χ2n) is 15.2. The number of amides is 2. The smallest absolute Gasteiger partial charge is 0.259 e. The fourth-order valence-corrected chi connectivity index (χ4v) is 7.78. The molecular formula is C43H54FN7O6. The van der Waals surface area contributed by atoms with Crippen LogP contribution in [-0.4, -0.2) is 136 Å². The minimum absolute atomic E-state index is 0.00525. The highest BCUT2D eigenvalue weighted by atomic mass is 19.1. The Balaban J connectivity index is 0.000000244. The number of nitrogens with one attached hydrogen (secondary N) is 1. The molecule has 3 fully saturated rings. The van der Waals surface area contributed by atoms with Gasteiger partial charge in [0, 0.05) is 93.9 Å². The van der Waals surface area contributed by atoms with Crippen LogP contribution in [0.1, 0.15) is 32.6 Å². The highest BCUT2D eigenvalue weighted by molar-refractivity contribution is 6.27. The van der Waals surface area contributed by atoms with E-state index in [0.29, 0.717) is 80.8 Å². The number of carbonyl (C=O) groups is 3. The summed E-state index contributed by atoms with van der Waals surface area (Å²) in [5.41, 5.74) is 7.47. The highest BCUT2D eigenvalue weighted by Gasteiger charge is 2.42. The van der Waals surface area contributed by atoms with Crippen LogP contribution in [0.15, 0.2) is 87.6 Å². The van der Waals surface area contributed by atoms with Gasteiger partial charge in [-0.2, -0.15) is 0 Å². The maximum absolute atomic E-state index is 16.1. The number of likely N-dealkylation sites (tertiary alicyclic amines) is 1. The van der Waals surface area contributed by atoms with Gasteiger partial charge in [0.25, 0.3) is 5.91 Å². The number of para-hydroxylation sites is 1. The van der Waals surface area contributed by atoms with Crippen molar-refractivity contribution in [3.05, 3.63) is 83.2 Å². The van der Waals surface area contributed by atoms with E-state index in [1.54, 1.807) is 17.2 Å². The van der Waals surface area contributed by atoms with E-state index in [2.05, 4.69) is 36.1 Å². The molecule has 2 bridgehead atoms. The molecule has 2 aromatic carbocycles. The van der Waals surface area contributed by atoms with Gasteiger partial charge in [-0.05, 0) is 64.2 Å². The number of nitrogens with two attached hydrogens (primary N) is 1. The first-order valence-corrected chi connectivity index (χ1v) is 20.1. The predicted molar refractivity (Wildman–Crippen MR) is 218 cm³/mol. The zero-order valence-corrected chi connectivity index (χ0v) is 33.2. The number of ketones is 1. The van der Waals surface area contributed by atoms with Crippen molar-refractivity contribution in [2.45, 2.75) is 38.6 Å². The number of ether oxygens (including phenoxy) is 2. The van der Waals surface area contributed by atoms with Crippen LogP contribution in [0.4, 0.5) is 10.1 Å². The molecule has 57 heavy (non-hydrogen) atoms. The van der Waals surface area contributed by atoms with E-state index in [1.807, 2.05) is 46.2 Å². The summed E-state index contributed by atoms with van der Waals surface area (Å²) in [5.74, 6) is -0.754. The number of halogens is 1. The number of anilines is 1. The van der Waals surface area contributed by atoms with E-state index in [1.165, 1.54) is 32.3 Å². The van der Waals surface area contributed by atoms with Crippen molar-refractivity contribution >= 4 is 45.2 Å². The summed E-state index contributed by atoms with van der Waals surface area (Å²) in [6, 6.07) is 10.9. The molecule has 3 saturated heterocycles. The number of primary amides is 1. The third-order valence-corrected chi connectivity index (χ3v) is 11.1. The largest absolute Gasteiger partial charge is 0.456 e. The fraction of sp³-hybridized carbons (Fsp3) is 0.465. The maximum atomic E-state index is 16.1. The Labute approximate surface area is 333 Å². The van der Waals surface area contributed by atoms with Gasteiger partial charge >= 0.3 is 0 Å². The first-order chi connectivity index (χ1) is 27.6. The molecule has 2 amide bonds. The van der Waals surface area contributed by atoms with Gasteiger partial charge in [0.05, 0.1) is 24.9 Å². The van der Waals surface area contributed by atoms with Gasteiger partial charge in [-0.1, -0.05) is 25.1 Å². The number of hydrogen-bond acceptors (Lipinski definition) is 11. The molecule has 0 spiro atoms. The van der Waals surface area contributed by atoms with Gasteiger partial charge in [-0.15, -0.1) is 0 Å². The minimum Gasteiger partial charge on any atom is -0.456 e. The Hall–Kier alpha value is -5.02. The molecular weight excluding hydrogens is 730 g/mol. The summed E-state index contributed by atoms with van der Waals surface area (Å²) in [6.07, 6.45) is 8.14. The Morgan fingerprint density at radius 1 is 0.912 bits per heavy atom. The number of benzene rings is 2. The SMILES string of the molecule is CCCNCCC(N)=O.CN1CCN(C)CC1.O=C1C(C(=O)N2CCOCC2)=CN2c3cc4oc5ccccc5c4cc3OC3=CC2C1=CC(F)=C3N1CCCC1. The Morgan fingerprint density at radius 2 is 1.61 bits per heavy atom. The number of Topliss-reactive ketones (excluding diaryl/α,β-unsaturated/α-hetero) is 1. The average molecular weight is 784 g/mol. The first-order valence-electron chi connectivity index (χ1n) is 20.1. The summed E-state index contributed by atoms with van der Waals surface area (Å²) in [4.78, 5) is 47.8. The quantitative estimate of drug-likeness (QED) is 0.262. The molecule has 3 aromatic rings. The van der Waals surface area contributed by atoms with Crippen molar-refractivity contribution in [1.29, 1.82) is 0 Å². The summed E-state index contributed by atoms with van der Waals surface area (Å²) in [5, 5.41) is 4.88. The second-order valence-corrected chi connectivity index (χ2v) is 15.2. The lowest BCUT2D eigenvalue weighted by atomic mass is 9.91. The van der Waals surface area contributed by atoms with Crippen molar-refractivity contribution in [1.82, 2.24) is 24.9 Å². The predicted octanol–water partition coefficient (Wildman–Crippen LogP) is 4.30. The number of hydrogen-bond donors (Lipinski definition) is 2. The van der Waals surface area contributed by atoms with Crippen LogP contribution >= 0.6 is 0 Å². The van der Waals surface area contributed by atoms with E-state index in [-0.39, 0.29) is 23.0 Å². The third kappa shape index (κ3) is 8.94. The molecule has 13 nitrogen and oxygen atoms in total. The van der Waals surface area contributed by atoms with Crippen molar-refractivity contribution in [2.75, 3.05) is 97.7 Å². The number of fused-ring (bicyclic) bond motifs is 5. The summed E-state index contributed by atoms with van der Waals surface area (Å²) in [7, 11) is 4.35. The Kier molecular flexibility index (Phi) is 12.7.